The van der Waals surface area contributed by atoms with E-state index in [-0.39, 0.29) is 23.0 Å². The Kier molecular flexibility index (Phi) is 5.42. The second kappa shape index (κ2) is 7.31. The third kappa shape index (κ3) is 4.12. The van der Waals surface area contributed by atoms with E-state index in [0.29, 0.717) is 16.2 Å². The summed E-state index contributed by atoms with van der Waals surface area (Å²) in [5, 5.41) is 24.4. The van der Waals surface area contributed by atoms with Crippen molar-refractivity contribution in [1.29, 1.82) is 0 Å². The molecule has 1 aliphatic heterocycles. The zero-order valence-corrected chi connectivity index (χ0v) is 13.2. The Morgan fingerprint density at radius 2 is 1.96 bits per heavy atom. The molecule has 0 radical (unpaired) electrons. The molecule has 23 heavy (non-hydrogen) atoms. The summed E-state index contributed by atoms with van der Waals surface area (Å²) >= 11 is 5.83. The SMILES string of the molecule is O=C1NC(=S)NC(=O)C1=Cc1ccc(SCCO)c([N+](=O)[O-])c1. The van der Waals surface area contributed by atoms with Gasteiger partial charge < -0.3 is 5.11 Å². The summed E-state index contributed by atoms with van der Waals surface area (Å²) in [5.41, 5.74) is -0.0215. The van der Waals surface area contributed by atoms with Crippen LogP contribution in [-0.4, -0.2) is 39.3 Å². The number of nitro benzene ring substituents is 1. The van der Waals surface area contributed by atoms with Crippen LogP contribution in [0.3, 0.4) is 0 Å². The first-order chi connectivity index (χ1) is 10.9. The van der Waals surface area contributed by atoms with Gasteiger partial charge in [0.25, 0.3) is 17.5 Å². The van der Waals surface area contributed by atoms with Gasteiger partial charge in [-0.3, -0.25) is 30.3 Å². The van der Waals surface area contributed by atoms with Gasteiger partial charge in [0.2, 0.25) is 0 Å². The number of aliphatic hydroxyl groups is 1. The first-order valence-electron chi connectivity index (χ1n) is 6.33. The van der Waals surface area contributed by atoms with E-state index in [1.165, 1.54) is 18.2 Å². The van der Waals surface area contributed by atoms with Gasteiger partial charge in [0, 0.05) is 11.8 Å². The zero-order valence-electron chi connectivity index (χ0n) is 11.6. The summed E-state index contributed by atoms with van der Waals surface area (Å²) in [6.45, 7) is -0.103. The van der Waals surface area contributed by atoms with Gasteiger partial charge in [-0.25, -0.2) is 0 Å². The molecule has 1 saturated heterocycles. The molecule has 2 rings (SSSR count). The number of aliphatic hydroxyl groups excluding tert-OH is 1. The number of carbonyl (C=O) groups is 2. The number of carbonyl (C=O) groups excluding carboxylic acids is 2. The predicted molar refractivity (Wildman–Crippen MR) is 87.8 cm³/mol. The Morgan fingerprint density at radius 1 is 1.30 bits per heavy atom. The van der Waals surface area contributed by atoms with E-state index in [2.05, 4.69) is 22.9 Å². The summed E-state index contributed by atoms with van der Waals surface area (Å²) < 4.78 is 0. The molecule has 0 bridgehead atoms. The fourth-order valence-electron chi connectivity index (χ4n) is 1.82. The molecule has 1 aliphatic rings. The van der Waals surface area contributed by atoms with E-state index in [1.807, 2.05) is 0 Å². The van der Waals surface area contributed by atoms with Crippen LogP contribution < -0.4 is 10.6 Å². The van der Waals surface area contributed by atoms with Crippen LogP contribution >= 0.6 is 24.0 Å². The number of hydrogen-bond donors (Lipinski definition) is 3. The van der Waals surface area contributed by atoms with E-state index in [9.17, 15) is 19.7 Å². The third-order valence-electron chi connectivity index (χ3n) is 2.78. The Hall–Kier alpha value is -2.30. The molecule has 1 fully saturated rings. The Labute approximate surface area is 140 Å². The zero-order chi connectivity index (χ0) is 17.0. The topological polar surface area (TPSA) is 122 Å². The third-order valence-corrected chi connectivity index (χ3v) is 4.03. The average molecular weight is 353 g/mol. The summed E-state index contributed by atoms with van der Waals surface area (Å²) in [5.74, 6) is -1.01. The molecule has 0 aliphatic carbocycles. The minimum absolute atomic E-state index is 0.0844. The highest BCUT2D eigenvalue weighted by atomic mass is 32.2. The van der Waals surface area contributed by atoms with Crippen molar-refractivity contribution in [3.05, 3.63) is 39.4 Å². The number of nitrogens with one attached hydrogen (secondary N) is 2. The van der Waals surface area contributed by atoms with Crippen molar-refractivity contribution in [2.75, 3.05) is 12.4 Å². The van der Waals surface area contributed by atoms with Crippen LogP contribution in [0.2, 0.25) is 0 Å². The average Bonchev–Trinajstić information content (AvgIpc) is 2.49. The Balaban J connectivity index is 2.36. The van der Waals surface area contributed by atoms with Crippen molar-refractivity contribution in [3.8, 4) is 0 Å². The lowest BCUT2D eigenvalue weighted by Crippen LogP contribution is -2.51. The number of nitrogens with zero attached hydrogens (tertiary/aromatic N) is 1. The normalized spacial score (nSPS) is 14.3. The molecular formula is C13H11N3O5S2. The van der Waals surface area contributed by atoms with E-state index < -0.39 is 16.7 Å². The maximum Gasteiger partial charge on any atom is 0.283 e. The molecule has 1 aromatic rings. The highest BCUT2D eigenvalue weighted by Gasteiger charge is 2.26. The van der Waals surface area contributed by atoms with E-state index in [0.717, 1.165) is 11.8 Å². The standard InChI is InChI=1S/C13H11N3O5S2/c17-3-4-23-10-2-1-7(6-9(10)16(20)21)5-8-11(18)14-13(22)15-12(8)19/h1-2,5-6,17H,3-4H2,(H2,14,15,18,19,22). The van der Waals surface area contributed by atoms with Gasteiger partial charge in [-0.05, 0) is 29.9 Å². The van der Waals surface area contributed by atoms with Gasteiger partial charge >= 0.3 is 0 Å². The van der Waals surface area contributed by atoms with Gasteiger partial charge in [0.1, 0.15) is 5.57 Å². The van der Waals surface area contributed by atoms with Crippen molar-refractivity contribution >= 4 is 52.7 Å². The lowest BCUT2D eigenvalue weighted by atomic mass is 10.1. The summed E-state index contributed by atoms with van der Waals surface area (Å²) in [4.78, 5) is 34.5. The fourth-order valence-corrected chi connectivity index (χ4v) is 2.76. The van der Waals surface area contributed by atoms with Gasteiger partial charge in [0.05, 0.1) is 16.4 Å². The van der Waals surface area contributed by atoms with Crippen LogP contribution in [0.4, 0.5) is 5.69 Å². The molecule has 0 atom stereocenters. The minimum Gasteiger partial charge on any atom is -0.396 e. The number of thiocarbonyl (C=S) groups is 1. The van der Waals surface area contributed by atoms with Crippen LogP contribution in [0.15, 0.2) is 28.7 Å². The predicted octanol–water partition coefficient (Wildman–Crippen LogP) is 0.593. The van der Waals surface area contributed by atoms with Crippen molar-refractivity contribution in [2.24, 2.45) is 0 Å². The van der Waals surface area contributed by atoms with Crippen LogP contribution in [0.25, 0.3) is 6.08 Å². The highest BCUT2D eigenvalue weighted by molar-refractivity contribution is 7.99. The first kappa shape index (κ1) is 17.1. The van der Waals surface area contributed by atoms with Crippen LogP contribution in [-0.2, 0) is 9.59 Å². The van der Waals surface area contributed by atoms with Crippen molar-refractivity contribution in [1.82, 2.24) is 10.6 Å². The largest absolute Gasteiger partial charge is 0.396 e. The van der Waals surface area contributed by atoms with E-state index in [4.69, 9.17) is 5.11 Å². The molecule has 10 heteroatoms. The minimum atomic E-state index is -0.667. The number of thioether (sulfide) groups is 1. The molecule has 1 aromatic carbocycles. The van der Waals surface area contributed by atoms with Gasteiger partial charge in [-0.2, -0.15) is 0 Å². The number of amides is 2. The second-order valence-electron chi connectivity index (χ2n) is 4.35. The van der Waals surface area contributed by atoms with E-state index in [1.54, 1.807) is 6.07 Å². The molecular weight excluding hydrogens is 342 g/mol. The van der Waals surface area contributed by atoms with E-state index >= 15 is 0 Å². The molecule has 120 valence electrons. The first-order valence-corrected chi connectivity index (χ1v) is 7.72. The molecule has 0 aromatic heterocycles. The maximum absolute atomic E-state index is 11.8. The van der Waals surface area contributed by atoms with Gasteiger partial charge in [0.15, 0.2) is 5.11 Å². The Bertz CT molecular complexity index is 710. The maximum atomic E-state index is 11.8. The van der Waals surface area contributed by atoms with Gasteiger partial charge in [-0.1, -0.05) is 6.07 Å². The fraction of sp³-hybridized carbons (Fsp3) is 0.154. The monoisotopic (exact) mass is 353 g/mol. The Morgan fingerprint density at radius 3 is 2.52 bits per heavy atom. The smallest absolute Gasteiger partial charge is 0.283 e. The molecule has 8 nitrogen and oxygen atoms in total. The number of hydrogen-bond acceptors (Lipinski definition) is 7. The van der Waals surface area contributed by atoms with Crippen molar-refractivity contribution in [3.63, 3.8) is 0 Å². The summed E-state index contributed by atoms with van der Waals surface area (Å²) in [6.07, 6.45) is 1.25. The summed E-state index contributed by atoms with van der Waals surface area (Å²) in [7, 11) is 0. The summed E-state index contributed by atoms with van der Waals surface area (Å²) in [6, 6.07) is 4.32. The lowest BCUT2D eigenvalue weighted by Gasteiger charge is -2.16. The van der Waals surface area contributed by atoms with Crippen molar-refractivity contribution < 1.29 is 19.6 Å². The lowest BCUT2D eigenvalue weighted by molar-refractivity contribution is -0.387. The highest BCUT2D eigenvalue weighted by Crippen LogP contribution is 2.30. The number of rotatable bonds is 5. The molecule has 0 saturated carbocycles. The molecule has 0 spiro atoms. The molecule has 2 amide bonds. The van der Waals surface area contributed by atoms with Crippen LogP contribution in [0.5, 0.6) is 0 Å². The van der Waals surface area contributed by atoms with Crippen LogP contribution in [0, 0.1) is 10.1 Å². The second-order valence-corrected chi connectivity index (χ2v) is 5.90. The molecule has 3 N–H and O–H groups in total. The number of benzene rings is 1. The van der Waals surface area contributed by atoms with Crippen LogP contribution in [0.1, 0.15) is 5.56 Å². The number of nitro groups is 1. The quantitative estimate of drug-likeness (QED) is 0.177. The van der Waals surface area contributed by atoms with Gasteiger partial charge in [-0.15, -0.1) is 11.8 Å². The van der Waals surface area contributed by atoms with Crippen molar-refractivity contribution in [2.45, 2.75) is 4.90 Å². The molecule has 1 heterocycles. The molecule has 0 unspecified atom stereocenters.